The largest absolute Gasteiger partial charge is 0.342 e. The highest BCUT2D eigenvalue weighted by Crippen LogP contribution is 2.28. The first-order valence-corrected chi connectivity index (χ1v) is 7.93. The number of ketones is 1. The SMILES string of the molecule is Cc1ccc(C(=O)CCC(=O)N2CCC(N)C(C)(C)C2)cc1. The predicted molar refractivity (Wildman–Crippen MR) is 87.7 cm³/mol. The number of nitrogens with zero attached hydrogens (tertiary/aromatic N) is 1. The molecule has 1 aliphatic heterocycles. The molecule has 0 radical (unpaired) electrons. The Hall–Kier alpha value is -1.68. The molecule has 1 aromatic carbocycles. The molecule has 4 nitrogen and oxygen atoms in total. The van der Waals surface area contributed by atoms with Crippen molar-refractivity contribution in [1.29, 1.82) is 0 Å². The van der Waals surface area contributed by atoms with Crippen LogP contribution in [0.4, 0.5) is 0 Å². The zero-order valence-electron chi connectivity index (χ0n) is 13.8. The maximum absolute atomic E-state index is 12.3. The number of benzene rings is 1. The fraction of sp³-hybridized carbons (Fsp3) is 0.556. The van der Waals surface area contributed by atoms with Crippen LogP contribution in [0.2, 0.25) is 0 Å². The summed E-state index contributed by atoms with van der Waals surface area (Å²) in [4.78, 5) is 26.3. The third-order valence-corrected chi connectivity index (χ3v) is 4.60. The predicted octanol–water partition coefficient (Wildman–Crippen LogP) is 2.54. The second kappa shape index (κ2) is 6.61. The van der Waals surface area contributed by atoms with Crippen molar-refractivity contribution >= 4 is 11.7 Å². The Bertz CT molecular complexity index is 549. The summed E-state index contributed by atoms with van der Waals surface area (Å²) >= 11 is 0. The monoisotopic (exact) mass is 302 g/mol. The van der Waals surface area contributed by atoms with Gasteiger partial charge < -0.3 is 10.6 Å². The highest BCUT2D eigenvalue weighted by atomic mass is 16.2. The molecule has 2 N–H and O–H groups in total. The van der Waals surface area contributed by atoms with Gasteiger partial charge >= 0.3 is 0 Å². The van der Waals surface area contributed by atoms with Gasteiger partial charge in [0.05, 0.1) is 0 Å². The molecule has 1 amide bonds. The number of carbonyl (C=O) groups excluding carboxylic acids is 2. The molecule has 1 atom stereocenters. The molecule has 1 fully saturated rings. The number of hydrogen-bond donors (Lipinski definition) is 1. The van der Waals surface area contributed by atoms with E-state index in [0.717, 1.165) is 12.0 Å². The summed E-state index contributed by atoms with van der Waals surface area (Å²) in [5.74, 6) is 0.0850. The topological polar surface area (TPSA) is 63.4 Å². The molecule has 4 heteroatoms. The van der Waals surface area contributed by atoms with Gasteiger partial charge in [-0.25, -0.2) is 0 Å². The molecule has 2 rings (SSSR count). The van der Waals surface area contributed by atoms with Crippen LogP contribution in [0.25, 0.3) is 0 Å². The van der Waals surface area contributed by atoms with Crippen LogP contribution in [0, 0.1) is 12.3 Å². The molecule has 0 aromatic heterocycles. The van der Waals surface area contributed by atoms with Gasteiger partial charge in [-0.3, -0.25) is 9.59 Å². The zero-order chi connectivity index (χ0) is 16.3. The summed E-state index contributed by atoms with van der Waals surface area (Å²) in [6, 6.07) is 7.62. The summed E-state index contributed by atoms with van der Waals surface area (Å²) in [6.07, 6.45) is 1.37. The molecule has 1 unspecified atom stereocenters. The lowest BCUT2D eigenvalue weighted by Crippen LogP contribution is -2.54. The average Bonchev–Trinajstić information content (AvgIpc) is 2.48. The first kappa shape index (κ1) is 16.7. The maximum Gasteiger partial charge on any atom is 0.223 e. The van der Waals surface area contributed by atoms with Gasteiger partial charge in [0, 0.05) is 37.5 Å². The fourth-order valence-corrected chi connectivity index (χ4v) is 2.85. The number of amides is 1. The molecular formula is C18H26N2O2. The number of likely N-dealkylation sites (tertiary alicyclic amines) is 1. The molecule has 1 saturated heterocycles. The fourth-order valence-electron chi connectivity index (χ4n) is 2.85. The van der Waals surface area contributed by atoms with Crippen molar-refractivity contribution in [2.45, 2.75) is 46.1 Å². The van der Waals surface area contributed by atoms with Gasteiger partial charge in [-0.1, -0.05) is 43.7 Å². The van der Waals surface area contributed by atoms with E-state index in [0.29, 0.717) is 18.7 Å². The van der Waals surface area contributed by atoms with Crippen LogP contribution < -0.4 is 5.73 Å². The highest BCUT2D eigenvalue weighted by Gasteiger charge is 2.35. The average molecular weight is 302 g/mol. The van der Waals surface area contributed by atoms with Gasteiger partial charge in [0.25, 0.3) is 0 Å². The summed E-state index contributed by atoms with van der Waals surface area (Å²) < 4.78 is 0. The third-order valence-electron chi connectivity index (χ3n) is 4.60. The van der Waals surface area contributed by atoms with Crippen LogP contribution in [0.3, 0.4) is 0 Å². The number of carbonyl (C=O) groups is 2. The van der Waals surface area contributed by atoms with E-state index < -0.39 is 0 Å². The Kier molecular flexibility index (Phi) is 5.01. The zero-order valence-corrected chi connectivity index (χ0v) is 13.8. The van der Waals surface area contributed by atoms with Crippen LogP contribution in [0.1, 0.15) is 49.0 Å². The summed E-state index contributed by atoms with van der Waals surface area (Å²) in [7, 11) is 0. The number of hydrogen-bond acceptors (Lipinski definition) is 3. The van der Waals surface area contributed by atoms with E-state index in [-0.39, 0.29) is 36.0 Å². The Morgan fingerprint density at radius 3 is 2.45 bits per heavy atom. The molecule has 0 aliphatic carbocycles. The second-order valence-electron chi connectivity index (χ2n) is 6.99. The minimum atomic E-state index is -0.0606. The van der Waals surface area contributed by atoms with Gasteiger partial charge in [-0.15, -0.1) is 0 Å². The Morgan fingerprint density at radius 1 is 1.23 bits per heavy atom. The van der Waals surface area contributed by atoms with Crippen LogP contribution in [-0.4, -0.2) is 35.7 Å². The van der Waals surface area contributed by atoms with Crippen molar-refractivity contribution < 1.29 is 9.59 Å². The van der Waals surface area contributed by atoms with Crippen LogP contribution in [0.15, 0.2) is 24.3 Å². The van der Waals surface area contributed by atoms with E-state index in [2.05, 4.69) is 13.8 Å². The lowest BCUT2D eigenvalue weighted by atomic mass is 9.79. The lowest BCUT2D eigenvalue weighted by molar-refractivity contribution is -0.134. The number of nitrogens with two attached hydrogens (primary N) is 1. The second-order valence-corrected chi connectivity index (χ2v) is 6.99. The molecule has 1 heterocycles. The first-order chi connectivity index (χ1) is 10.3. The van der Waals surface area contributed by atoms with E-state index in [1.54, 1.807) is 0 Å². The van der Waals surface area contributed by atoms with E-state index in [4.69, 9.17) is 5.73 Å². The Morgan fingerprint density at radius 2 is 1.86 bits per heavy atom. The van der Waals surface area contributed by atoms with Crippen molar-refractivity contribution in [1.82, 2.24) is 4.90 Å². The van der Waals surface area contributed by atoms with Crippen molar-refractivity contribution in [3.63, 3.8) is 0 Å². The van der Waals surface area contributed by atoms with Gasteiger partial charge in [-0.05, 0) is 18.8 Å². The molecule has 0 spiro atoms. The van der Waals surface area contributed by atoms with Gasteiger partial charge in [-0.2, -0.15) is 0 Å². The summed E-state index contributed by atoms with van der Waals surface area (Å²) in [5, 5.41) is 0. The molecule has 0 saturated carbocycles. The normalized spacial score (nSPS) is 20.7. The van der Waals surface area contributed by atoms with Gasteiger partial charge in [0.2, 0.25) is 5.91 Å². The van der Waals surface area contributed by atoms with E-state index in [9.17, 15) is 9.59 Å². The standard InChI is InChI=1S/C18H26N2O2/c1-13-4-6-14(7-5-13)15(21)8-9-17(22)20-11-10-16(19)18(2,3)12-20/h4-7,16H,8-12,19H2,1-3H3. The van der Waals surface area contributed by atoms with Gasteiger partial charge in [0.1, 0.15) is 0 Å². The number of rotatable bonds is 4. The quantitative estimate of drug-likeness (QED) is 0.869. The van der Waals surface area contributed by atoms with Crippen LogP contribution in [-0.2, 0) is 4.79 Å². The molecule has 0 bridgehead atoms. The van der Waals surface area contributed by atoms with Gasteiger partial charge in [0.15, 0.2) is 5.78 Å². The smallest absolute Gasteiger partial charge is 0.223 e. The maximum atomic E-state index is 12.3. The number of aryl methyl sites for hydroxylation is 1. The third kappa shape index (κ3) is 3.95. The minimum Gasteiger partial charge on any atom is -0.342 e. The highest BCUT2D eigenvalue weighted by molar-refractivity contribution is 5.98. The van der Waals surface area contributed by atoms with E-state index in [1.165, 1.54) is 0 Å². The van der Waals surface area contributed by atoms with E-state index in [1.807, 2.05) is 36.1 Å². The molecular weight excluding hydrogens is 276 g/mol. The molecule has 22 heavy (non-hydrogen) atoms. The summed E-state index contributed by atoms with van der Waals surface area (Å²) in [5.41, 5.74) is 7.84. The lowest BCUT2D eigenvalue weighted by Gasteiger charge is -2.42. The van der Waals surface area contributed by atoms with Crippen LogP contribution >= 0.6 is 0 Å². The van der Waals surface area contributed by atoms with Crippen LogP contribution in [0.5, 0.6) is 0 Å². The first-order valence-electron chi connectivity index (χ1n) is 7.93. The van der Waals surface area contributed by atoms with E-state index >= 15 is 0 Å². The molecule has 1 aliphatic rings. The number of piperidine rings is 1. The van der Waals surface area contributed by atoms with Crippen molar-refractivity contribution in [3.05, 3.63) is 35.4 Å². The van der Waals surface area contributed by atoms with Crippen molar-refractivity contribution in [2.24, 2.45) is 11.1 Å². The minimum absolute atomic E-state index is 0.0290. The Balaban J connectivity index is 1.87. The number of Topliss-reactive ketones (excluding diaryl/α,β-unsaturated/α-hetero) is 1. The molecule has 1 aromatic rings. The van der Waals surface area contributed by atoms with Crippen molar-refractivity contribution in [2.75, 3.05) is 13.1 Å². The Labute approximate surface area is 132 Å². The van der Waals surface area contributed by atoms with Crippen molar-refractivity contribution in [3.8, 4) is 0 Å². The molecule has 120 valence electrons. The summed E-state index contributed by atoms with van der Waals surface area (Å²) in [6.45, 7) is 7.54.